The first-order chi connectivity index (χ1) is 6.06. The van der Waals surface area contributed by atoms with Crippen molar-refractivity contribution >= 4 is 22.4 Å². The summed E-state index contributed by atoms with van der Waals surface area (Å²) in [5.41, 5.74) is 5.64. The van der Waals surface area contributed by atoms with E-state index in [0.29, 0.717) is 13.1 Å². The molecule has 0 saturated carbocycles. The van der Waals surface area contributed by atoms with Crippen molar-refractivity contribution in [2.45, 2.75) is 32.2 Å². The summed E-state index contributed by atoms with van der Waals surface area (Å²) in [7, 11) is -3.00. The molecule has 6 heteroatoms. The second kappa shape index (κ2) is 5.90. The third-order valence-corrected chi connectivity index (χ3v) is 4.26. The van der Waals surface area contributed by atoms with Gasteiger partial charge in [-0.25, -0.2) is 12.7 Å². The molecule has 1 heterocycles. The SMILES string of the molecule is CCCCS(=O)(=O)N1CCC(N)C1.Cl. The number of unbranched alkanes of at least 4 members (excludes halogenated alkanes) is 1. The Morgan fingerprint density at radius 3 is 2.57 bits per heavy atom. The normalized spacial score (nSPS) is 23.4. The number of sulfonamides is 1. The molecule has 1 fully saturated rings. The van der Waals surface area contributed by atoms with E-state index in [-0.39, 0.29) is 24.2 Å². The van der Waals surface area contributed by atoms with Crippen LogP contribution in [-0.2, 0) is 10.0 Å². The van der Waals surface area contributed by atoms with Crippen molar-refractivity contribution in [3.63, 3.8) is 0 Å². The maximum atomic E-state index is 11.6. The average molecular weight is 243 g/mol. The lowest BCUT2D eigenvalue weighted by Crippen LogP contribution is -2.33. The van der Waals surface area contributed by atoms with Crippen molar-refractivity contribution in [2.75, 3.05) is 18.8 Å². The summed E-state index contributed by atoms with van der Waals surface area (Å²) in [6.45, 7) is 3.10. The van der Waals surface area contributed by atoms with Crippen LogP contribution in [-0.4, -0.2) is 37.6 Å². The van der Waals surface area contributed by atoms with Crippen LogP contribution in [0.5, 0.6) is 0 Å². The number of halogens is 1. The minimum Gasteiger partial charge on any atom is -0.326 e. The van der Waals surface area contributed by atoms with Crippen LogP contribution in [0.1, 0.15) is 26.2 Å². The Morgan fingerprint density at radius 2 is 2.14 bits per heavy atom. The van der Waals surface area contributed by atoms with Gasteiger partial charge in [-0.15, -0.1) is 12.4 Å². The van der Waals surface area contributed by atoms with E-state index in [4.69, 9.17) is 5.73 Å². The molecule has 86 valence electrons. The first-order valence-electron chi connectivity index (χ1n) is 4.79. The molecule has 0 radical (unpaired) electrons. The van der Waals surface area contributed by atoms with E-state index < -0.39 is 10.0 Å². The van der Waals surface area contributed by atoms with Gasteiger partial charge in [0, 0.05) is 19.1 Å². The minimum atomic E-state index is -3.00. The zero-order valence-corrected chi connectivity index (χ0v) is 10.1. The summed E-state index contributed by atoms with van der Waals surface area (Å²) >= 11 is 0. The molecule has 1 atom stereocenters. The fourth-order valence-corrected chi connectivity index (χ4v) is 3.18. The van der Waals surface area contributed by atoms with Gasteiger partial charge in [0.1, 0.15) is 0 Å². The van der Waals surface area contributed by atoms with E-state index >= 15 is 0 Å². The van der Waals surface area contributed by atoms with Crippen LogP contribution in [0.3, 0.4) is 0 Å². The molecule has 1 unspecified atom stereocenters. The largest absolute Gasteiger partial charge is 0.326 e. The smallest absolute Gasteiger partial charge is 0.214 e. The predicted molar refractivity (Wildman–Crippen MR) is 60.1 cm³/mol. The number of rotatable bonds is 4. The summed E-state index contributed by atoms with van der Waals surface area (Å²) in [6, 6.07) is 0.0383. The van der Waals surface area contributed by atoms with Crippen LogP contribution in [0.15, 0.2) is 0 Å². The molecular weight excluding hydrogens is 224 g/mol. The van der Waals surface area contributed by atoms with Gasteiger partial charge in [0.25, 0.3) is 0 Å². The van der Waals surface area contributed by atoms with Crippen molar-refractivity contribution < 1.29 is 8.42 Å². The minimum absolute atomic E-state index is 0. The first kappa shape index (κ1) is 14.2. The highest BCUT2D eigenvalue weighted by Gasteiger charge is 2.28. The van der Waals surface area contributed by atoms with Gasteiger partial charge in [-0.05, 0) is 12.8 Å². The average Bonchev–Trinajstić information content (AvgIpc) is 2.49. The van der Waals surface area contributed by atoms with Crippen LogP contribution in [0.25, 0.3) is 0 Å². The molecule has 0 amide bonds. The van der Waals surface area contributed by atoms with Crippen LogP contribution < -0.4 is 5.73 Å². The molecule has 1 saturated heterocycles. The third kappa shape index (κ3) is 3.73. The fraction of sp³-hybridized carbons (Fsp3) is 1.00. The van der Waals surface area contributed by atoms with Crippen molar-refractivity contribution in [2.24, 2.45) is 5.73 Å². The van der Waals surface area contributed by atoms with Crippen molar-refractivity contribution in [3.05, 3.63) is 0 Å². The highest BCUT2D eigenvalue weighted by atomic mass is 35.5. The van der Waals surface area contributed by atoms with Gasteiger partial charge in [-0.2, -0.15) is 0 Å². The summed E-state index contributed by atoms with van der Waals surface area (Å²) < 4.78 is 24.7. The Hall–Kier alpha value is 0.160. The van der Waals surface area contributed by atoms with Crippen LogP contribution in [0.4, 0.5) is 0 Å². The van der Waals surface area contributed by atoms with Crippen molar-refractivity contribution in [1.29, 1.82) is 0 Å². The molecule has 0 aromatic heterocycles. The Kier molecular flexibility index (Phi) is 5.97. The second-order valence-corrected chi connectivity index (χ2v) is 5.66. The standard InChI is InChI=1S/C8H18N2O2S.ClH/c1-2-3-6-13(11,12)10-5-4-8(9)7-10;/h8H,2-7,9H2,1H3;1H. The van der Waals surface area contributed by atoms with Gasteiger partial charge in [0.05, 0.1) is 5.75 Å². The van der Waals surface area contributed by atoms with Gasteiger partial charge in [-0.3, -0.25) is 0 Å². The molecule has 1 aliphatic heterocycles. The monoisotopic (exact) mass is 242 g/mol. The van der Waals surface area contributed by atoms with E-state index in [1.807, 2.05) is 6.92 Å². The highest BCUT2D eigenvalue weighted by molar-refractivity contribution is 7.89. The summed E-state index contributed by atoms with van der Waals surface area (Å²) in [6.07, 6.45) is 2.46. The lowest BCUT2D eigenvalue weighted by Gasteiger charge is -2.15. The van der Waals surface area contributed by atoms with E-state index in [2.05, 4.69) is 0 Å². The highest BCUT2D eigenvalue weighted by Crippen LogP contribution is 2.13. The summed E-state index contributed by atoms with van der Waals surface area (Å²) in [5.74, 6) is 0.274. The van der Waals surface area contributed by atoms with Gasteiger partial charge < -0.3 is 5.73 Å². The van der Waals surface area contributed by atoms with Gasteiger partial charge in [0.2, 0.25) is 10.0 Å². The topological polar surface area (TPSA) is 63.4 Å². The van der Waals surface area contributed by atoms with E-state index in [0.717, 1.165) is 19.3 Å². The quantitative estimate of drug-likeness (QED) is 0.784. The Labute approximate surface area is 92.3 Å². The molecule has 1 aliphatic rings. The Balaban J connectivity index is 0.00000169. The maximum Gasteiger partial charge on any atom is 0.214 e. The molecule has 14 heavy (non-hydrogen) atoms. The van der Waals surface area contributed by atoms with Gasteiger partial charge in [-0.1, -0.05) is 13.3 Å². The number of nitrogens with zero attached hydrogens (tertiary/aromatic N) is 1. The molecule has 4 nitrogen and oxygen atoms in total. The molecule has 2 N–H and O–H groups in total. The molecule has 0 aromatic carbocycles. The van der Waals surface area contributed by atoms with Gasteiger partial charge in [0.15, 0.2) is 0 Å². The molecular formula is C8H19ClN2O2S. The number of nitrogens with two attached hydrogens (primary N) is 1. The lowest BCUT2D eigenvalue weighted by atomic mass is 10.3. The second-order valence-electron chi connectivity index (χ2n) is 3.58. The van der Waals surface area contributed by atoms with Crippen LogP contribution in [0.2, 0.25) is 0 Å². The predicted octanol–water partition coefficient (Wildman–Crippen LogP) is 0.571. The molecule has 0 bridgehead atoms. The summed E-state index contributed by atoms with van der Waals surface area (Å²) in [5, 5.41) is 0. The van der Waals surface area contributed by atoms with E-state index in [9.17, 15) is 8.42 Å². The maximum absolute atomic E-state index is 11.6. The third-order valence-electron chi connectivity index (χ3n) is 2.34. The van der Waals surface area contributed by atoms with E-state index in [1.165, 1.54) is 4.31 Å². The van der Waals surface area contributed by atoms with E-state index in [1.54, 1.807) is 0 Å². The van der Waals surface area contributed by atoms with Crippen LogP contribution in [0, 0.1) is 0 Å². The Bertz CT molecular complexity index is 256. The lowest BCUT2D eigenvalue weighted by molar-refractivity contribution is 0.470. The number of hydrogen-bond acceptors (Lipinski definition) is 3. The van der Waals surface area contributed by atoms with Crippen molar-refractivity contribution in [1.82, 2.24) is 4.31 Å². The Morgan fingerprint density at radius 1 is 1.50 bits per heavy atom. The first-order valence-corrected chi connectivity index (χ1v) is 6.40. The summed E-state index contributed by atoms with van der Waals surface area (Å²) in [4.78, 5) is 0. The van der Waals surface area contributed by atoms with Gasteiger partial charge >= 0.3 is 0 Å². The zero-order valence-electron chi connectivity index (χ0n) is 8.48. The molecule has 0 aromatic rings. The zero-order chi connectivity index (χ0) is 9.90. The van der Waals surface area contributed by atoms with Crippen LogP contribution >= 0.6 is 12.4 Å². The van der Waals surface area contributed by atoms with Crippen molar-refractivity contribution in [3.8, 4) is 0 Å². The molecule has 0 aliphatic carbocycles. The number of hydrogen-bond donors (Lipinski definition) is 1. The molecule has 1 rings (SSSR count). The fourth-order valence-electron chi connectivity index (χ4n) is 1.46. The molecule has 0 spiro atoms.